The van der Waals surface area contributed by atoms with Gasteiger partial charge in [0.15, 0.2) is 11.4 Å². The number of hydrogen-bond acceptors (Lipinski definition) is 0. The third-order valence-corrected chi connectivity index (χ3v) is 6.64. The lowest BCUT2D eigenvalue weighted by atomic mass is 9.90. The van der Waals surface area contributed by atoms with Crippen LogP contribution in [0.2, 0.25) is 0 Å². The minimum atomic E-state index is 0.266. The van der Waals surface area contributed by atoms with Gasteiger partial charge in [-0.3, -0.25) is 0 Å². The van der Waals surface area contributed by atoms with Gasteiger partial charge in [0.1, 0.15) is 0 Å². The van der Waals surface area contributed by atoms with Crippen LogP contribution < -0.4 is 0 Å². The molecule has 0 aliphatic heterocycles. The molecule has 0 amide bonds. The third kappa shape index (κ3) is 6.54. The van der Waals surface area contributed by atoms with Gasteiger partial charge < -0.3 is 0 Å². The Bertz CT molecular complexity index is 1350. The van der Waals surface area contributed by atoms with E-state index in [1.807, 2.05) is 24.3 Å². The zero-order chi connectivity index (χ0) is 28.0. The van der Waals surface area contributed by atoms with E-state index >= 15 is 0 Å². The van der Waals surface area contributed by atoms with E-state index in [4.69, 9.17) is 13.1 Å². The smallest absolute Gasteiger partial charge is 0.194 e. The molecule has 0 unspecified atom stereocenters. The summed E-state index contributed by atoms with van der Waals surface area (Å²) in [5.74, 6) is 14.2. The number of nitrogens with zero attached hydrogens (tertiary/aromatic N) is 2. The standard InChI is InChI=1S/C36H36N2/c1-23(2)31-19-29(20-32(24(3)4)35(31)37-9)17-15-27-11-13-28(14-12-27)16-18-30-21-33(25(5)6)36(38-10)34(22-30)26(7)8/h11-14,19-26H,1-8H3. The molecule has 38 heavy (non-hydrogen) atoms. The van der Waals surface area contributed by atoms with Crippen molar-refractivity contribution in [2.45, 2.75) is 79.1 Å². The molecule has 0 saturated carbocycles. The molecule has 3 aromatic carbocycles. The molecule has 3 aromatic rings. The van der Waals surface area contributed by atoms with Crippen molar-refractivity contribution in [3.63, 3.8) is 0 Å². The van der Waals surface area contributed by atoms with Crippen LogP contribution in [0.5, 0.6) is 0 Å². The fourth-order valence-electron chi connectivity index (χ4n) is 4.45. The summed E-state index contributed by atoms with van der Waals surface area (Å²) in [4.78, 5) is 7.66. The summed E-state index contributed by atoms with van der Waals surface area (Å²) in [6, 6.07) is 16.2. The molecule has 2 nitrogen and oxygen atoms in total. The minimum absolute atomic E-state index is 0.266. The first kappa shape index (κ1) is 28.3. The van der Waals surface area contributed by atoms with Crippen LogP contribution in [0.15, 0.2) is 48.5 Å². The second-order valence-electron chi connectivity index (χ2n) is 10.9. The number of rotatable bonds is 4. The van der Waals surface area contributed by atoms with Gasteiger partial charge in [0.05, 0.1) is 13.1 Å². The Morgan fingerprint density at radius 1 is 0.447 bits per heavy atom. The Morgan fingerprint density at radius 3 is 0.895 bits per heavy atom. The highest BCUT2D eigenvalue weighted by Gasteiger charge is 2.16. The third-order valence-electron chi connectivity index (χ3n) is 6.64. The SMILES string of the molecule is [C-]#[N+]c1c(C(C)C)cc(C#Cc2ccc(C#Cc3cc(C(C)C)c([N+]#[C-])c(C(C)C)c3)cc2)cc1C(C)C. The highest BCUT2D eigenvalue weighted by Crippen LogP contribution is 2.37. The number of benzene rings is 3. The zero-order valence-corrected chi connectivity index (χ0v) is 23.8. The average molecular weight is 497 g/mol. The van der Waals surface area contributed by atoms with Crippen LogP contribution in [0.1, 0.15) is 124 Å². The van der Waals surface area contributed by atoms with E-state index in [0.29, 0.717) is 0 Å². The fraction of sp³-hybridized carbons (Fsp3) is 0.333. The van der Waals surface area contributed by atoms with Crippen LogP contribution in [0.4, 0.5) is 11.4 Å². The van der Waals surface area contributed by atoms with Crippen LogP contribution in [0.3, 0.4) is 0 Å². The Kier molecular flexibility index (Phi) is 9.20. The summed E-state index contributed by atoms with van der Waals surface area (Å²) in [5, 5.41) is 0. The first-order valence-electron chi connectivity index (χ1n) is 13.3. The normalized spacial score (nSPS) is 10.6. The molecule has 0 spiro atoms. The first-order chi connectivity index (χ1) is 18.0. The monoisotopic (exact) mass is 496 g/mol. The predicted octanol–water partition coefficient (Wildman–Crippen LogP) is 10.1. The summed E-state index contributed by atoms with van der Waals surface area (Å²) in [7, 11) is 0. The molecule has 3 rings (SSSR count). The molecule has 190 valence electrons. The fourth-order valence-corrected chi connectivity index (χ4v) is 4.45. The van der Waals surface area contributed by atoms with Crippen LogP contribution in [-0.2, 0) is 0 Å². The molecule has 0 aromatic heterocycles. The second kappa shape index (κ2) is 12.3. The maximum Gasteiger partial charge on any atom is 0.194 e. The van der Waals surface area contributed by atoms with Crippen LogP contribution in [0, 0.1) is 36.8 Å². The van der Waals surface area contributed by atoms with Gasteiger partial charge in [-0.2, -0.15) is 0 Å². The maximum atomic E-state index is 7.67. The number of hydrogen-bond donors (Lipinski definition) is 0. The molecule has 0 saturated heterocycles. The maximum absolute atomic E-state index is 7.67. The highest BCUT2D eigenvalue weighted by molar-refractivity contribution is 5.66. The van der Waals surface area contributed by atoms with Crippen molar-refractivity contribution in [3.8, 4) is 23.7 Å². The highest BCUT2D eigenvalue weighted by atomic mass is 14.7. The summed E-state index contributed by atoms with van der Waals surface area (Å²) >= 11 is 0. The second-order valence-corrected chi connectivity index (χ2v) is 10.9. The minimum Gasteiger partial charge on any atom is -0.238 e. The molecule has 0 aliphatic rings. The van der Waals surface area contributed by atoms with Gasteiger partial charge in [-0.15, -0.1) is 0 Å². The molecule has 0 atom stereocenters. The van der Waals surface area contributed by atoms with E-state index < -0.39 is 0 Å². The van der Waals surface area contributed by atoms with E-state index in [1.54, 1.807) is 0 Å². The Hall–Kier alpha value is -4.24. The summed E-state index contributed by atoms with van der Waals surface area (Å²) in [5.41, 5.74) is 9.52. The van der Waals surface area contributed by atoms with E-state index in [1.165, 1.54) is 0 Å². The van der Waals surface area contributed by atoms with Gasteiger partial charge in [-0.25, -0.2) is 9.69 Å². The molecule has 0 heterocycles. The average Bonchev–Trinajstić information content (AvgIpc) is 2.89. The largest absolute Gasteiger partial charge is 0.238 e. The molecule has 2 heteroatoms. The van der Waals surface area contributed by atoms with E-state index in [0.717, 1.165) is 55.9 Å². The zero-order valence-electron chi connectivity index (χ0n) is 23.8. The van der Waals surface area contributed by atoms with E-state index in [-0.39, 0.29) is 23.7 Å². The predicted molar refractivity (Wildman–Crippen MR) is 160 cm³/mol. The van der Waals surface area contributed by atoms with Crippen LogP contribution >= 0.6 is 0 Å². The van der Waals surface area contributed by atoms with Crippen LogP contribution in [-0.4, -0.2) is 0 Å². The van der Waals surface area contributed by atoms with Crippen molar-refractivity contribution in [3.05, 3.63) is 116 Å². The van der Waals surface area contributed by atoms with E-state index in [9.17, 15) is 0 Å². The lowest BCUT2D eigenvalue weighted by Crippen LogP contribution is -1.97. The van der Waals surface area contributed by atoms with Gasteiger partial charge in [0.25, 0.3) is 0 Å². The van der Waals surface area contributed by atoms with Crippen molar-refractivity contribution in [2.75, 3.05) is 0 Å². The molecular formula is C36H36N2. The Morgan fingerprint density at radius 2 is 0.684 bits per heavy atom. The molecule has 0 aliphatic carbocycles. The lowest BCUT2D eigenvalue weighted by molar-refractivity contribution is 0.840. The van der Waals surface area contributed by atoms with Crippen LogP contribution in [0.25, 0.3) is 9.69 Å². The summed E-state index contributed by atoms with van der Waals surface area (Å²) in [6.45, 7) is 32.3. The van der Waals surface area contributed by atoms with Crippen molar-refractivity contribution >= 4 is 11.4 Å². The van der Waals surface area contributed by atoms with Crippen molar-refractivity contribution in [2.24, 2.45) is 0 Å². The van der Waals surface area contributed by atoms with Gasteiger partial charge in [0, 0.05) is 22.3 Å². The van der Waals surface area contributed by atoms with Gasteiger partial charge in [-0.1, -0.05) is 103 Å². The summed E-state index contributed by atoms with van der Waals surface area (Å²) < 4.78 is 0. The van der Waals surface area contributed by atoms with Gasteiger partial charge >= 0.3 is 0 Å². The lowest BCUT2D eigenvalue weighted by Gasteiger charge is -2.16. The topological polar surface area (TPSA) is 8.72 Å². The molecule has 0 radical (unpaired) electrons. The molecular weight excluding hydrogens is 460 g/mol. The summed E-state index contributed by atoms with van der Waals surface area (Å²) in [6.07, 6.45) is 0. The van der Waals surface area contributed by atoms with Crippen molar-refractivity contribution in [1.82, 2.24) is 0 Å². The molecule has 0 bridgehead atoms. The quantitative estimate of drug-likeness (QED) is 0.251. The van der Waals surface area contributed by atoms with Crippen molar-refractivity contribution in [1.29, 1.82) is 0 Å². The Labute approximate surface area is 229 Å². The van der Waals surface area contributed by atoms with Gasteiger partial charge in [-0.05, 0) is 70.2 Å². The first-order valence-corrected chi connectivity index (χ1v) is 13.3. The van der Waals surface area contributed by atoms with Gasteiger partial charge in [0.2, 0.25) is 0 Å². The van der Waals surface area contributed by atoms with E-state index in [2.05, 4.69) is 113 Å². The molecule has 0 fully saturated rings. The Balaban J connectivity index is 1.91. The van der Waals surface area contributed by atoms with Crippen molar-refractivity contribution < 1.29 is 0 Å². The molecule has 0 N–H and O–H groups in total.